The Labute approximate surface area is 103 Å². The van der Waals surface area contributed by atoms with Gasteiger partial charge in [0.15, 0.2) is 0 Å². The minimum absolute atomic E-state index is 0. The summed E-state index contributed by atoms with van der Waals surface area (Å²) in [5.41, 5.74) is 0. The molecule has 38 valence electrons. The van der Waals surface area contributed by atoms with Gasteiger partial charge in [-0.15, -0.1) is 0 Å². The van der Waals surface area contributed by atoms with Crippen LogP contribution in [0.1, 0.15) is 0 Å². The average molecular weight is 415 g/mol. The van der Waals surface area contributed by atoms with E-state index >= 15 is 0 Å². The van der Waals surface area contributed by atoms with Crippen LogP contribution in [-0.4, -0.2) is 0 Å². The molecule has 0 aromatic heterocycles. The normalized spacial score (nSPS) is 0. The molecular weight excluding hydrogens is 415 g/mol. The molecule has 5 heavy (non-hydrogen) atoms. The fraction of sp³-hybridized carbons (Fsp3) is 0. The summed E-state index contributed by atoms with van der Waals surface area (Å²) in [5, 5.41) is 0. The quantitative estimate of drug-likeness (QED) is 0.489. The molecule has 0 heterocycles. The summed E-state index contributed by atoms with van der Waals surface area (Å²) in [4.78, 5) is 0. The molecule has 0 aliphatic rings. The predicted octanol–water partition coefficient (Wildman–Crippen LogP) is -0.0125. The van der Waals surface area contributed by atoms with E-state index in [1.165, 1.54) is 0 Å². The van der Waals surface area contributed by atoms with Crippen molar-refractivity contribution in [1.29, 1.82) is 0 Å². The number of hydrogen-bond donors (Lipinski definition) is 0. The van der Waals surface area contributed by atoms with E-state index in [1.807, 2.05) is 0 Å². The van der Waals surface area contributed by atoms with E-state index in [1.54, 1.807) is 0 Å². The first-order valence-corrected chi connectivity index (χ1v) is 0. The second kappa shape index (κ2) is 26.2. The van der Waals surface area contributed by atoms with Crippen LogP contribution in [0.4, 0.5) is 0 Å². The van der Waals surface area contributed by atoms with Gasteiger partial charge in [0.05, 0.1) is 0 Å². The van der Waals surface area contributed by atoms with Crippen molar-refractivity contribution in [2.45, 2.75) is 0 Å². The van der Waals surface area contributed by atoms with E-state index < -0.39 is 0 Å². The second-order valence-electron chi connectivity index (χ2n) is 0. The standard InChI is InChI=1S/3Pd.2Ti. The van der Waals surface area contributed by atoms with Crippen LogP contribution in [0.5, 0.6) is 0 Å². The summed E-state index contributed by atoms with van der Waals surface area (Å²) in [6, 6.07) is 0. The van der Waals surface area contributed by atoms with E-state index in [4.69, 9.17) is 0 Å². The van der Waals surface area contributed by atoms with Crippen molar-refractivity contribution >= 4 is 0 Å². The van der Waals surface area contributed by atoms with Gasteiger partial charge in [-0.25, -0.2) is 0 Å². The molecule has 0 N–H and O–H groups in total. The van der Waals surface area contributed by atoms with Gasteiger partial charge in [0.25, 0.3) is 0 Å². The van der Waals surface area contributed by atoms with Crippen molar-refractivity contribution < 1.29 is 105 Å². The average Bonchev–Trinajstić information content (AvgIpc) is 0. The molecule has 0 saturated heterocycles. The van der Waals surface area contributed by atoms with Crippen molar-refractivity contribution in [3.8, 4) is 0 Å². The minimum Gasteiger partial charge on any atom is 0 e. The molecule has 0 unspecified atom stereocenters. The van der Waals surface area contributed by atoms with Gasteiger partial charge >= 0.3 is 0 Å². The third-order valence-corrected chi connectivity index (χ3v) is 0. The van der Waals surface area contributed by atoms with Crippen LogP contribution < -0.4 is 0 Å². The first kappa shape index (κ1) is 39.7. The van der Waals surface area contributed by atoms with Gasteiger partial charge in [-0.05, 0) is 0 Å². The predicted molar refractivity (Wildman–Crippen MR) is 0 cm³/mol. The van der Waals surface area contributed by atoms with E-state index in [0.29, 0.717) is 0 Å². The molecule has 0 amide bonds. The van der Waals surface area contributed by atoms with Crippen molar-refractivity contribution in [2.75, 3.05) is 0 Å². The zero-order valence-electron chi connectivity index (χ0n) is 1.95. The van der Waals surface area contributed by atoms with Crippen LogP contribution in [0, 0.1) is 0 Å². The van der Waals surface area contributed by atoms with Gasteiger partial charge in [0.1, 0.15) is 0 Å². The van der Waals surface area contributed by atoms with Crippen LogP contribution in [-0.2, 0) is 105 Å². The second-order valence-corrected chi connectivity index (χ2v) is 0. The Kier molecular flexibility index (Phi) is 208. The Morgan fingerprint density at radius 2 is 0.400 bits per heavy atom. The fourth-order valence-corrected chi connectivity index (χ4v) is 0. The van der Waals surface area contributed by atoms with Gasteiger partial charge in [-0.3, -0.25) is 0 Å². The smallest absolute Gasteiger partial charge is 0 e. The molecule has 0 atom stereocenters. The first-order chi connectivity index (χ1) is 0. The van der Waals surface area contributed by atoms with E-state index in [0.717, 1.165) is 0 Å². The maximum atomic E-state index is 0. The van der Waals surface area contributed by atoms with Gasteiger partial charge in [-0.1, -0.05) is 0 Å². The Hall–Kier alpha value is 3.42. The molecule has 0 saturated carbocycles. The molecule has 0 nitrogen and oxygen atoms in total. The van der Waals surface area contributed by atoms with Crippen LogP contribution in [0.25, 0.3) is 0 Å². The van der Waals surface area contributed by atoms with Crippen molar-refractivity contribution in [2.24, 2.45) is 0 Å². The molecule has 0 aliphatic carbocycles. The summed E-state index contributed by atoms with van der Waals surface area (Å²) in [6.07, 6.45) is 0. The molecule has 0 rings (SSSR count). The number of rotatable bonds is 0. The summed E-state index contributed by atoms with van der Waals surface area (Å²) >= 11 is 0. The van der Waals surface area contributed by atoms with Crippen LogP contribution in [0.2, 0.25) is 0 Å². The van der Waals surface area contributed by atoms with Gasteiger partial charge in [0.2, 0.25) is 0 Å². The molecule has 0 aromatic carbocycles. The molecular formula is Pd3Ti2. The minimum atomic E-state index is 0. The SMILES string of the molecule is [Pd].[Pd].[Pd].[Ti].[Ti]. The summed E-state index contributed by atoms with van der Waals surface area (Å²) in [6.45, 7) is 0. The topological polar surface area (TPSA) is 0 Å². The summed E-state index contributed by atoms with van der Waals surface area (Å²) in [7, 11) is 0. The summed E-state index contributed by atoms with van der Waals surface area (Å²) < 4.78 is 0. The monoisotopic (exact) mass is 414 g/mol. The Morgan fingerprint density at radius 1 is 0.400 bits per heavy atom. The maximum Gasteiger partial charge on any atom is 0 e. The van der Waals surface area contributed by atoms with Gasteiger partial charge in [-0.2, -0.15) is 0 Å². The van der Waals surface area contributed by atoms with E-state index in [2.05, 4.69) is 0 Å². The Balaban J connectivity index is 0. The van der Waals surface area contributed by atoms with Crippen molar-refractivity contribution in [3.05, 3.63) is 0 Å². The Bertz CT molecular complexity index is 4.85. The molecule has 0 bridgehead atoms. The third-order valence-electron chi connectivity index (χ3n) is 0. The molecule has 0 radical (unpaired) electrons. The van der Waals surface area contributed by atoms with E-state index in [9.17, 15) is 0 Å². The molecule has 0 aromatic rings. The molecule has 0 aliphatic heterocycles. The van der Waals surface area contributed by atoms with Gasteiger partial charge < -0.3 is 0 Å². The van der Waals surface area contributed by atoms with Crippen LogP contribution >= 0.6 is 0 Å². The fourth-order valence-electron chi connectivity index (χ4n) is 0. The zero-order valence-corrected chi connectivity index (χ0v) is 9.74. The molecule has 0 spiro atoms. The largest absolute Gasteiger partial charge is 0 e. The van der Waals surface area contributed by atoms with Crippen molar-refractivity contribution in [3.63, 3.8) is 0 Å². The first-order valence-electron chi connectivity index (χ1n) is 0. The maximum absolute atomic E-state index is 0. The third kappa shape index (κ3) is 18.6. The summed E-state index contributed by atoms with van der Waals surface area (Å²) in [5.74, 6) is 0. The molecule has 5 heteroatoms. The van der Waals surface area contributed by atoms with Crippen molar-refractivity contribution in [1.82, 2.24) is 0 Å². The van der Waals surface area contributed by atoms with E-state index in [-0.39, 0.29) is 105 Å². The van der Waals surface area contributed by atoms with Gasteiger partial charge in [0, 0.05) is 105 Å². The number of hydrogen-bond acceptors (Lipinski definition) is 0. The van der Waals surface area contributed by atoms with Crippen LogP contribution in [0.15, 0.2) is 0 Å². The zero-order chi connectivity index (χ0) is 0. The van der Waals surface area contributed by atoms with Crippen LogP contribution in [0.3, 0.4) is 0 Å². The Morgan fingerprint density at radius 3 is 0.400 bits per heavy atom. The molecule has 0 fully saturated rings.